The zero-order chi connectivity index (χ0) is 49.0. The van der Waals surface area contributed by atoms with Crippen molar-refractivity contribution < 1.29 is 4.74 Å². The minimum atomic E-state index is -0.215. The fraction of sp³-hybridized carbons (Fsp3) is 0.171. The molecule has 3 nitrogen and oxygen atoms in total. The lowest BCUT2D eigenvalue weighted by Crippen LogP contribution is -2.39. The number of hydrogen-bond acceptors (Lipinski definition) is 3. The summed E-state index contributed by atoms with van der Waals surface area (Å²) in [5.41, 5.74) is 22.6. The molecule has 0 spiro atoms. The van der Waals surface area contributed by atoms with Crippen molar-refractivity contribution in [1.82, 2.24) is 0 Å². The van der Waals surface area contributed by atoms with Gasteiger partial charge in [-0.2, -0.15) is 0 Å². The van der Waals surface area contributed by atoms with E-state index >= 15 is 0 Å². The van der Waals surface area contributed by atoms with Crippen LogP contribution in [0.2, 0.25) is 0 Å². The van der Waals surface area contributed by atoms with Crippen molar-refractivity contribution in [2.24, 2.45) is 0 Å². The van der Waals surface area contributed by atoms with E-state index < -0.39 is 0 Å². The molecular weight excluding hydrogens is 885 g/mol. The van der Waals surface area contributed by atoms with E-state index in [0.29, 0.717) is 0 Å². The predicted molar refractivity (Wildman–Crippen MR) is 305 cm³/mol. The molecule has 1 aliphatic heterocycles. The van der Waals surface area contributed by atoms with E-state index in [1.54, 1.807) is 0 Å². The second-order valence-corrected chi connectivity index (χ2v) is 21.8. The number of anilines is 4. The van der Waals surface area contributed by atoms with Gasteiger partial charge in [0.2, 0.25) is 0 Å². The normalized spacial score (nSPS) is 19.1. The number of fused-ring (bicyclic) bond motifs is 8. The monoisotopic (exact) mass is 942 g/mol. The van der Waals surface area contributed by atoms with Crippen molar-refractivity contribution in [1.29, 1.82) is 0 Å². The first-order valence-corrected chi connectivity index (χ1v) is 26.3. The van der Waals surface area contributed by atoms with Crippen LogP contribution in [0.3, 0.4) is 0 Å². The molecule has 1 heterocycles. The van der Waals surface area contributed by atoms with Gasteiger partial charge in [0.15, 0.2) is 0 Å². The summed E-state index contributed by atoms with van der Waals surface area (Å²) < 4.78 is 7.69. The number of hydrogen-bond donors (Lipinski definition) is 0. The van der Waals surface area contributed by atoms with E-state index in [1.807, 2.05) is 0 Å². The standard InChI is InChI=1S/C70H58N2O/c1-69(2)61-26-13-11-22-55(61)57-39-37-52(42-63(57)69)71(50-33-29-47(30-34-50)45-17-7-5-8-18-45)54-41-49-21-15-24-59-60-25-16-28-65(68(60)73-66(44-54)67(49)59)72(51-35-31-48(32-36-51)46-19-9-6-10-20-46)53-38-40-58-56-23-12-14-27-62(56)70(3,4)64(58)43-53/h5-15,17-24,26-33,35-44,50,60,68H,16,25,34H2,1-4H3. The van der Waals surface area contributed by atoms with Crippen molar-refractivity contribution in [3.8, 4) is 39.1 Å². The number of benzene rings is 9. The van der Waals surface area contributed by atoms with Crippen molar-refractivity contribution >= 4 is 39.1 Å². The summed E-state index contributed by atoms with van der Waals surface area (Å²) in [4.78, 5) is 5.09. The SMILES string of the molecule is CC1(C)c2ccccc2-c2ccc(N(C3=CCCC4c5cccc6cc(N(c7ccc8c(c7)C(C)(C)c7ccccc7-8)C7C=CC(c8ccccc8)=CC7)cc(c56)OC34)c3ccc(-c4ccccc4)cc3)cc21. The molecule has 0 bridgehead atoms. The Labute approximate surface area is 430 Å². The van der Waals surface area contributed by atoms with Gasteiger partial charge in [0.1, 0.15) is 11.9 Å². The highest BCUT2D eigenvalue weighted by molar-refractivity contribution is 5.97. The van der Waals surface area contributed by atoms with E-state index in [-0.39, 0.29) is 28.9 Å². The summed E-state index contributed by atoms with van der Waals surface area (Å²) in [5.74, 6) is 1.13. The molecule has 0 fully saturated rings. The lowest BCUT2D eigenvalue weighted by molar-refractivity contribution is 0.184. The van der Waals surface area contributed by atoms with Crippen LogP contribution in [0.25, 0.3) is 49.7 Å². The molecule has 3 heteroatoms. The largest absolute Gasteiger partial charge is 0.483 e. The third-order valence-electron chi connectivity index (χ3n) is 17.1. The first-order valence-electron chi connectivity index (χ1n) is 26.3. The molecular formula is C70H58N2O. The Hall–Kier alpha value is -8.14. The van der Waals surface area contributed by atoms with Crippen LogP contribution in [0.5, 0.6) is 5.75 Å². The Kier molecular flexibility index (Phi) is 9.99. The maximum Gasteiger partial charge on any atom is 0.145 e. The summed E-state index contributed by atoms with van der Waals surface area (Å²) in [6.07, 6.45) is 12.3. The van der Waals surface area contributed by atoms with Crippen LogP contribution < -0.4 is 14.5 Å². The summed E-state index contributed by atoms with van der Waals surface area (Å²) >= 11 is 0. The van der Waals surface area contributed by atoms with Gasteiger partial charge in [-0.1, -0.05) is 204 Å². The maximum atomic E-state index is 7.69. The molecule has 9 aromatic rings. The van der Waals surface area contributed by atoms with E-state index in [0.717, 1.165) is 42.1 Å². The quantitative estimate of drug-likeness (QED) is 0.151. The van der Waals surface area contributed by atoms with Crippen molar-refractivity contribution in [2.45, 2.75) is 75.9 Å². The van der Waals surface area contributed by atoms with Crippen LogP contribution in [-0.2, 0) is 10.8 Å². The topological polar surface area (TPSA) is 15.7 Å². The zero-order valence-corrected chi connectivity index (χ0v) is 42.0. The van der Waals surface area contributed by atoms with Gasteiger partial charge >= 0.3 is 0 Å². The van der Waals surface area contributed by atoms with Crippen LogP contribution in [0.4, 0.5) is 22.7 Å². The number of rotatable bonds is 8. The first kappa shape index (κ1) is 43.6. The average molecular weight is 943 g/mol. The Morgan fingerprint density at radius 2 is 1.07 bits per heavy atom. The average Bonchev–Trinajstić information content (AvgIpc) is 3.81. The maximum absolute atomic E-state index is 7.69. The summed E-state index contributed by atoms with van der Waals surface area (Å²) in [7, 11) is 0. The molecule has 0 amide bonds. The van der Waals surface area contributed by atoms with Gasteiger partial charge in [-0.05, 0) is 139 Å². The highest BCUT2D eigenvalue weighted by atomic mass is 16.5. The van der Waals surface area contributed by atoms with Crippen molar-refractivity contribution in [3.05, 3.63) is 264 Å². The molecule has 0 radical (unpaired) electrons. The molecule has 354 valence electrons. The molecule has 0 N–H and O–H groups in total. The van der Waals surface area contributed by atoms with Crippen LogP contribution in [0, 0.1) is 0 Å². The van der Waals surface area contributed by atoms with Gasteiger partial charge < -0.3 is 14.5 Å². The third-order valence-corrected chi connectivity index (χ3v) is 17.1. The molecule has 73 heavy (non-hydrogen) atoms. The van der Waals surface area contributed by atoms with Crippen LogP contribution in [0.1, 0.15) is 86.3 Å². The highest BCUT2D eigenvalue weighted by Gasteiger charge is 2.42. The van der Waals surface area contributed by atoms with E-state index in [9.17, 15) is 0 Å². The van der Waals surface area contributed by atoms with Gasteiger partial charge in [0.25, 0.3) is 0 Å². The molecule has 0 saturated heterocycles. The Balaban J connectivity index is 0.894. The molecule has 0 aromatic heterocycles. The fourth-order valence-corrected chi connectivity index (χ4v) is 13.4. The predicted octanol–water partition coefficient (Wildman–Crippen LogP) is 18.0. The Bertz CT molecular complexity index is 3760. The summed E-state index contributed by atoms with van der Waals surface area (Å²) in [6.45, 7) is 9.52. The van der Waals surface area contributed by atoms with Crippen LogP contribution in [-0.4, -0.2) is 12.1 Å². The van der Waals surface area contributed by atoms with Crippen LogP contribution in [0.15, 0.2) is 230 Å². The van der Waals surface area contributed by atoms with E-state index in [2.05, 4.69) is 262 Å². The van der Waals surface area contributed by atoms with E-state index in [1.165, 1.54) is 94.5 Å². The lowest BCUT2D eigenvalue weighted by atomic mass is 9.78. The second-order valence-electron chi connectivity index (χ2n) is 21.8. The first-order chi connectivity index (χ1) is 35.7. The lowest BCUT2D eigenvalue weighted by Gasteiger charge is -2.43. The molecule has 3 atom stereocenters. The number of ether oxygens (including phenoxy) is 1. The minimum absolute atomic E-state index is 0.0799. The third kappa shape index (κ3) is 6.92. The minimum Gasteiger partial charge on any atom is -0.483 e. The van der Waals surface area contributed by atoms with Crippen molar-refractivity contribution in [2.75, 3.05) is 9.80 Å². The molecule has 0 saturated carbocycles. The number of nitrogens with zero attached hydrogens (tertiary/aromatic N) is 2. The highest BCUT2D eigenvalue weighted by Crippen LogP contribution is 2.55. The zero-order valence-electron chi connectivity index (χ0n) is 42.0. The summed E-state index contributed by atoms with van der Waals surface area (Å²) in [6, 6.07) is 74.7. The van der Waals surface area contributed by atoms with E-state index in [4.69, 9.17) is 4.74 Å². The van der Waals surface area contributed by atoms with Gasteiger partial charge in [0.05, 0.1) is 11.7 Å². The van der Waals surface area contributed by atoms with Crippen molar-refractivity contribution in [3.63, 3.8) is 0 Å². The summed E-state index contributed by atoms with van der Waals surface area (Å²) in [5, 5.41) is 2.45. The molecule has 14 rings (SSSR count). The Morgan fingerprint density at radius 3 is 1.74 bits per heavy atom. The second kappa shape index (κ2) is 16.7. The van der Waals surface area contributed by atoms with Gasteiger partial charge in [0, 0.05) is 51.0 Å². The smallest absolute Gasteiger partial charge is 0.145 e. The molecule has 3 unspecified atom stereocenters. The molecule has 9 aromatic carbocycles. The van der Waals surface area contributed by atoms with Gasteiger partial charge in [-0.25, -0.2) is 0 Å². The Morgan fingerprint density at radius 1 is 0.479 bits per heavy atom. The van der Waals surface area contributed by atoms with Gasteiger partial charge in [-0.15, -0.1) is 0 Å². The van der Waals surface area contributed by atoms with Gasteiger partial charge in [-0.3, -0.25) is 0 Å². The molecule has 4 aliphatic carbocycles. The number of allylic oxidation sites excluding steroid dienone is 3. The fourth-order valence-electron chi connectivity index (χ4n) is 13.4. The van der Waals surface area contributed by atoms with Crippen LogP contribution >= 0.6 is 0 Å². The molecule has 5 aliphatic rings.